The number of nitrogens with zero attached hydrogens (tertiary/aromatic N) is 8. The fourth-order valence-corrected chi connectivity index (χ4v) is 3.52. The van der Waals surface area contributed by atoms with Gasteiger partial charge in [0.25, 0.3) is 5.89 Å². The zero-order valence-electron chi connectivity index (χ0n) is 19.4. The Labute approximate surface area is 207 Å². The van der Waals surface area contributed by atoms with Crippen molar-refractivity contribution < 1.29 is 22.4 Å². The van der Waals surface area contributed by atoms with Crippen molar-refractivity contribution in [1.29, 1.82) is 0 Å². The van der Waals surface area contributed by atoms with Crippen molar-refractivity contribution in [3.05, 3.63) is 72.3 Å². The third kappa shape index (κ3) is 6.09. The third-order valence-corrected chi connectivity index (χ3v) is 5.25. The van der Waals surface area contributed by atoms with Gasteiger partial charge in [0.05, 0.1) is 19.3 Å². The molecule has 4 heterocycles. The van der Waals surface area contributed by atoms with Crippen LogP contribution in [0.3, 0.4) is 0 Å². The van der Waals surface area contributed by atoms with Crippen molar-refractivity contribution in [3.8, 4) is 28.7 Å². The Morgan fingerprint density at radius 2 is 1.92 bits per heavy atom. The highest BCUT2D eigenvalue weighted by Crippen LogP contribution is 2.27. The quantitative estimate of drug-likeness (QED) is 0.313. The zero-order valence-corrected chi connectivity index (χ0v) is 19.4. The Kier molecular flexibility index (Phi) is 6.53. The smallest absolute Gasteiger partial charge is 0.406 e. The minimum Gasteiger partial charge on any atom is -0.406 e. The Bertz CT molecular complexity index is 1460. The second-order valence-corrected chi connectivity index (χ2v) is 7.97. The van der Waals surface area contributed by atoms with Crippen molar-refractivity contribution in [3.63, 3.8) is 0 Å². The molecule has 0 saturated heterocycles. The second kappa shape index (κ2) is 10.1. The van der Waals surface area contributed by atoms with Gasteiger partial charge in [-0.05, 0) is 55.0 Å². The van der Waals surface area contributed by atoms with E-state index in [4.69, 9.17) is 4.52 Å². The van der Waals surface area contributed by atoms with Crippen LogP contribution in [0, 0.1) is 6.92 Å². The van der Waals surface area contributed by atoms with Crippen LogP contribution in [0.15, 0.2) is 65.6 Å². The summed E-state index contributed by atoms with van der Waals surface area (Å²) in [6, 6.07) is 10.9. The number of pyridine rings is 1. The summed E-state index contributed by atoms with van der Waals surface area (Å²) in [5.74, 6) is 0.809. The van der Waals surface area contributed by atoms with E-state index in [2.05, 4.69) is 40.6 Å². The van der Waals surface area contributed by atoms with E-state index in [1.54, 1.807) is 28.0 Å². The number of alkyl halides is 3. The maximum atomic E-state index is 12.4. The van der Waals surface area contributed by atoms with Crippen molar-refractivity contribution in [2.24, 2.45) is 0 Å². The van der Waals surface area contributed by atoms with E-state index in [-0.39, 0.29) is 17.5 Å². The molecule has 0 spiro atoms. The second-order valence-electron chi connectivity index (χ2n) is 7.97. The van der Waals surface area contributed by atoms with Gasteiger partial charge >= 0.3 is 6.36 Å². The number of halogens is 3. The number of rotatable bonds is 9. The highest BCUT2D eigenvalue weighted by molar-refractivity contribution is 5.59. The van der Waals surface area contributed by atoms with Crippen LogP contribution in [0.4, 0.5) is 19.0 Å². The molecular weight excluding hydrogens is 491 g/mol. The summed E-state index contributed by atoms with van der Waals surface area (Å²) in [6.07, 6.45) is 0.384. The maximum Gasteiger partial charge on any atom is 0.573 e. The molecule has 0 amide bonds. The van der Waals surface area contributed by atoms with Gasteiger partial charge in [-0.1, -0.05) is 10.4 Å². The topological polar surface area (TPSA) is 122 Å². The summed E-state index contributed by atoms with van der Waals surface area (Å²) in [4.78, 5) is 8.68. The number of aryl methyl sites for hydroxylation is 1. The molecule has 0 saturated carbocycles. The molecule has 1 N–H and O–H groups in total. The fourth-order valence-electron chi connectivity index (χ4n) is 3.52. The summed E-state index contributed by atoms with van der Waals surface area (Å²) >= 11 is 0. The van der Waals surface area contributed by atoms with E-state index >= 15 is 0 Å². The Hall–Kier alpha value is -4.75. The predicted octanol–water partition coefficient (Wildman–Crippen LogP) is 3.95. The van der Waals surface area contributed by atoms with E-state index in [0.29, 0.717) is 30.9 Å². The molecule has 0 fully saturated rings. The van der Waals surface area contributed by atoms with Gasteiger partial charge in [-0.15, -0.1) is 18.3 Å². The first-order valence-corrected chi connectivity index (χ1v) is 11.1. The largest absolute Gasteiger partial charge is 0.573 e. The maximum absolute atomic E-state index is 12.4. The number of aromatic nitrogens is 8. The van der Waals surface area contributed by atoms with Gasteiger partial charge in [0, 0.05) is 30.2 Å². The van der Waals surface area contributed by atoms with Crippen molar-refractivity contribution in [2.75, 3.05) is 11.9 Å². The lowest BCUT2D eigenvalue weighted by Gasteiger charge is -2.08. The van der Waals surface area contributed by atoms with Gasteiger partial charge in [0.15, 0.2) is 5.69 Å². The van der Waals surface area contributed by atoms with Crippen LogP contribution in [-0.2, 0) is 13.1 Å². The van der Waals surface area contributed by atoms with Gasteiger partial charge in [-0.25, -0.2) is 4.98 Å². The van der Waals surface area contributed by atoms with Crippen molar-refractivity contribution >= 4 is 5.82 Å². The minimum absolute atomic E-state index is 0.192. The molecule has 37 heavy (non-hydrogen) atoms. The fraction of sp³-hybridized carbons (Fsp3) is 0.217. The number of anilines is 1. The van der Waals surface area contributed by atoms with Gasteiger partial charge in [-0.2, -0.15) is 10.1 Å². The minimum atomic E-state index is -4.76. The lowest BCUT2D eigenvalue weighted by molar-refractivity contribution is -0.274. The molecule has 0 aliphatic rings. The van der Waals surface area contributed by atoms with E-state index in [0.717, 1.165) is 17.1 Å². The van der Waals surface area contributed by atoms with Gasteiger partial charge in [0.2, 0.25) is 5.82 Å². The summed E-state index contributed by atoms with van der Waals surface area (Å²) in [7, 11) is 0. The molecule has 4 aromatic heterocycles. The van der Waals surface area contributed by atoms with Crippen LogP contribution < -0.4 is 10.1 Å². The van der Waals surface area contributed by atoms with E-state index in [1.807, 2.05) is 25.1 Å². The molecule has 0 radical (unpaired) electrons. The SMILES string of the molecule is Cc1cc(-c2nc(-c3ccc(OC(F)(F)F)cc3)no2)nn1Cc1ccnc(NCCn2ccnn2)c1. The Morgan fingerprint density at radius 1 is 1.08 bits per heavy atom. The molecule has 14 heteroatoms. The number of hydrogen-bond acceptors (Lipinski definition) is 9. The first-order chi connectivity index (χ1) is 17.8. The molecule has 0 bridgehead atoms. The molecule has 190 valence electrons. The molecule has 11 nitrogen and oxygen atoms in total. The summed E-state index contributed by atoms with van der Waals surface area (Å²) in [6.45, 7) is 3.70. The molecule has 1 aromatic carbocycles. The highest BCUT2D eigenvalue weighted by atomic mass is 19.4. The molecule has 5 rings (SSSR count). The van der Waals surface area contributed by atoms with E-state index in [9.17, 15) is 13.2 Å². The van der Waals surface area contributed by atoms with Gasteiger partial charge in [-0.3, -0.25) is 9.36 Å². The highest BCUT2D eigenvalue weighted by Gasteiger charge is 2.31. The summed E-state index contributed by atoms with van der Waals surface area (Å²) in [5, 5.41) is 19.5. The van der Waals surface area contributed by atoms with Crippen LogP contribution in [0.5, 0.6) is 5.75 Å². The van der Waals surface area contributed by atoms with Crippen LogP contribution in [-0.4, -0.2) is 52.8 Å². The molecule has 0 aliphatic heterocycles. The number of nitrogens with one attached hydrogen (secondary N) is 1. The normalized spacial score (nSPS) is 11.6. The van der Waals surface area contributed by atoms with Crippen molar-refractivity contribution in [1.82, 2.24) is 39.9 Å². The van der Waals surface area contributed by atoms with Crippen LogP contribution >= 0.6 is 0 Å². The van der Waals surface area contributed by atoms with E-state index < -0.39 is 6.36 Å². The molecule has 0 atom stereocenters. The van der Waals surface area contributed by atoms with Crippen LogP contribution in [0.2, 0.25) is 0 Å². The third-order valence-electron chi connectivity index (χ3n) is 5.25. The average Bonchev–Trinajstić information content (AvgIpc) is 3.61. The molecule has 0 unspecified atom stereocenters. The zero-order chi connectivity index (χ0) is 25.8. The van der Waals surface area contributed by atoms with Crippen molar-refractivity contribution in [2.45, 2.75) is 26.4 Å². The predicted molar refractivity (Wildman–Crippen MR) is 124 cm³/mol. The Morgan fingerprint density at radius 3 is 2.68 bits per heavy atom. The van der Waals surface area contributed by atoms with E-state index in [1.165, 1.54) is 24.3 Å². The number of ether oxygens (including phenoxy) is 1. The standard InChI is InChI=1S/C23H20F3N9O2/c1-15-12-19(22-30-21(32-37-22)17-2-4-18(5-3-17)36-23(24,25)26)31-35(15)14-16-6-7-27-20(13-16)28-8-10-34-11-9-29-33-34/h2-7,9,11-13H,8,10,14H2,1H3,(H,27,28). The van der Waals surface area contributed by atoms with Gasteiger partial charge < -0.3 is 14.6 Å². The lowest BCUT2D eigenvalue weighted by atomic mass is 10.2. The first-order valence-electron chi connectivity index (χ1n) is 11.1. The monoisotopic (exact) mass is 511 g/mol. The number of hydrogen-bond donors (Lipinski definition) is 1. The molecule has 0 aliphatic carbocycles. The molecular formula is C23H20F3N9O2. The molecule has 5 aromatic rings. The average molecular weight is 511 g/mol. The number of benzene rings is 1. The Balaban J connectivity index is 1.24. The van der Waals surface area contributed by atoms with Crippen LogP contribution in [0.1, 0.15) is 11.3 Å². The lowest BCUT2D eigenvalue weighted by Crippen LogP contribution is -2.16. The van der Waals surface area contributed by atoms with Crippen LogP contribution in [0.25, 0.3) is 23.0 Å². The van der Waals surface area contributed by atoms with Gasteiger partial charge in [0.1, 0.15) is 11.6 Å². The first kappa shape index (κ1) is 24.0. The summed E-state index contributed by atoms with van der Waals surface area (Å²) < 4.78 is 49.9. The summed E-state index contributed by atoms with van der Waals surface area (Å²) in [5.41, 5.74) is 2.82.